The van der Waals surface area contributed by atoms with E-state index in [-0.39, 0.29) is 30.7 Å². The van der Waals surface area contributed by atoms with Crippen molar-refractivity contribution in [3.63, 3.8) is 0 Å². The summed E-state index contributed by atoms with van der Waals surface area (Å²) in [7, 11) is 1.72. The van der Waals surface area contributed by atoms with Crippen LogP contribution in [0.15, 0.2) is 24.3 Å². The van der Waals surface area contributed by atoms with E-state index in [9.17, 15) is 4.79 Å². The fourth-order valence-corrected chi connectivity index (χ4v) is 5.48. The number of nitrogens with zero attached hydrogens (tertiary/aromatic N) is 2. The molecule has 1 amide bonds. The van der Waals surface area contributed by atoms with Crippen molar-refractivity contribution in [3.05, 3.63) is 29.8 Å². The van der Waals surface area contributed by atoms with Gasteiger partial charge in [-0.05, 0) is 55.2 Å². The minimum atomic E-state index is 0. The number of benzene rings is 1. The lowest BCUT2D eigenvalue weighted by atomic mass is 9.74. The highest BCUT2D eigenvalue weighted by Crippen LogP contribution is 2.44. The van der Waals surface area contributed by atoms with Crippen molar-refractivity contribution < 1.29 is 9.53 Å². The average Bonchev–Trinajstić information content (AvgIpc) is 2.68. The van der Waals surface area contributed by atoms with Crippen molar-refractivity contribution >= 4 is 30.7 Å². The lowest BCUT2D eigenvalue weighted by Crippen LogP contribution is -2.60. The number of fused-ring (bicyclic) bond motifs is 4. The SMILES string of the molecule is COc1ccc([C@H]2CCC[C@H]3[C@@H]4C[C@@H](CN(C(=O)CCN)C4)CN23)cc1.Cl.Cl. The Hall–Kier alpha value is -1.01. The molecule has 3 fully saturated rings. The molecular formula is C21H33Cl2N3O2. The molecule has 0 aliphatic carbocycles. The highest BCUT2D eigenvalue weighted by atomic mass is 35.5. The smallest absolute Gasteiger partial charge is 0.223 e. The summed E-state index contributed by atoms with van der Waals surface area (Å²) in [4.78, 5) is 17.2. The number of hydrogen-bond donors (Lipinski definition) is 1. The number of likely N-dealkylation sites (tertiary alicyclic amines) is 1. The topological polar surface area (TPSA) is 58.8 Å². The summed E-state index contributed by atoms with van der Waals surface area (Å²) in [6.45, 7) is 3.41. The molecule has 5 nitrogen and oxygen atoms in total. The number of methoxy groups -OCH3 is 1. The third-order valence-corrected chi connectivity index (χ3v) is 6.60. The van der Waals surface area contributed by atoms with Crippen molar-refractivity contribution in [2.45, 2.75) is 44.2 Å². The molecule has 3 heterocycles. The van der Waals surface area contributed by atoms with Crippen LogP contribution >= 0.6 is 24.8 Å². The number of halogens is 2. The van der Waals surface area contributed by atoms with Crippen LogP contribution in [0, 0.1) is 11.8 Å². The van der Waals surface area contributed by atoms with E-state index in [0.717, 1.165) is 25.4 Å². The predicted octanol–water partition coefficient (Wildman–Crippen LogP) is 3.26. The zero-order chi connectivity index (χ0) is 18.1. The van der Waals surface area contributed by atoms with Gasteiger partial charge in [0.2, 0.25) is 5.91 Å². The summed E-state index contributed by atoms with van der Waals surface area (Å²) < 4.78 is 5.32. The largest absolute Gasteiger partial charge is 0.497 e. The molecule has 3 aliphatic rings. The van der Waals surface area contributed by atoms with E-state index in [1.807, 2.05) is 0 Å². The van der Waals surface area contributed by atoms with E-state index in [4.69, 9.17) is 10.5 Å². The van der Waals surface area contributed by atoms with E-state index in [2.05, 4.69) is 34.1 Å². The molecule has 0 unspecified atom stereocenters. The zero-order valence-electron chi connectivity index (χ0n) is 16.6. The number of amides is 1. The molecule has 0 spiro atoms. The second-order valence-electron chi connectivity index (χ2n) is 8.18. The Morgan fingerprint density at radius 1 is 1.14 bits per heavy atom. The van der Waals surface area contributed by atoms with Crippen LogP contribution in [-0.4, -0.2) is 55.0 Å². The van der Waals surface area contributed by atoms with Crippen LogP contribution in [-0.2, 0) is 4.79 Å². The summed E-state index contributed by atoms with van der Waals surface area (Å²) in [5.41, 5.74) is 7.01. The molecule has 0 aromatic heterocycles. The van der Waals surface area contributed by atoms with E-state index in [0.29, 0.717) is 36.9 Å². The van der Waals surface area contributed by atoms with Gasteiger partial charge < -0.3 is 15.4 Å². The van der Waals surface area contributed by atoms with Crippen LogP contribution in [0.2, 0.25) is 0 Å². The van der Waals surface area contributed by atoms with Gasteiger partial charge in [0, 0.05) is 44.7 Å². The van der Waals surface area contributed by atoms with Crippen LogP contribution < -0.4 is 10.5 Å². The molecule has 4 rings (SSSR count). The normalized spacial score (nSPS) is 29.1. The predicted molar refractivity (Wildman–Crippen MR) is 116 cm³/mol. The Labute approximate surface area is 180 Å². The second kappa shape index (κ2) is 10.1. The van der Waals surface area contributed by atoms with E-state index < -0.39 is 0 Å². The number of nitrogens with two attached hydrogens (primary N) is 1. The van der Waals surface area contributed by atoms with Crippen molar-refractivity contribution in [3.8, 4) is 5.75 Å². The first-order chi connectivity index (χ1) is 12.7. The maximum absolute atomic E-state index is 12.4. The minimum Gasteiger partial charge on any atom is -0.497 e. The number of rotatable bonds is 4. The molecule has 1 aromatic carbocycles. The number of piperidine rings is 3. The number of carbonyl (C=O) groups excluding carboxylic acids is 1. The van der Waals surface area contributed by atoms with Gasteiger partial charge in [0.05, 0.1) is 7.11 Å². The molecule has 3 saturated heterocycles. The van der Waals surface area contributed by atoms with Crippen LogP contribution in [0.3, 0.4) is 0 Å². The van der Waals surface area contributed by atoms with E-state index >= 15 is 0 Å². The summed E-state index contributed by atoms with van der Waals surface area (Å²) in [5, 5.41) is 0. The third-order valence-electron chi connectivity index (χ3n) is 6.60. The molecule has 158 valence electrons. The van der Waals surface area contributed by atoms with Crippen molar-refractivity contribution in [1.82, 2.24) is 9.80 Å². The van der Waals surface area contributed by atoms with Gasteiger partial charge in [0.25, 0.3) is 0 Å². The summed E-state index contributed by atoms with van der Waals surface area (Å²) >= 11 is 0. The molecule has 7 heteroatoms. The molecule has 4 atom stereocenters. The molecular weight excluding hydrogens is 397 g/mol. The molecule has 2 bridgehead atoms. The molecule has 1 aromatic rings. The first-order valence-electron chi connectivity index (χ1n) is 10.1. The van der Waals surface area contributed by atoms with Gasteiger partial charge in [-0.2, -0.15) is 0 Å². The van der Waals surface area contributed by atoms with E-state index in [1.165, 1.54) is 31.2 Å². The first-order valence-corrected chi connectivity index (χ1v) is 10.1. The Kier molecular flexibility index (Phi) is 8.44. The van der Waals surface area contributed by atoms with Crippen molar-refractivity contribution in [2.75, 3.05) is 33.3 Å². The summed E-state index contributed by atoms with van der Waals surface area (Å²) in [6, 6.07) is 9.74. The maximum Gasteiger partial charge on any atom is 0.223 e. The standard InChI is InChI=1S/C21H31N3O2.2ClH/c1-26-18-7-5-16(6-8-18)19-3-2-4-20-17-11-15(13-24(19)20)12-23(14-17)21(25)9-10-22;;/h5-8,15,17,19-20H,2-4,9-14,22H2,1H3;2*1H/t15-,17+,19+,20-;;/m0../s1. The Balaban J connectivity index is 0.00000140. The minimum absolute atomic E-state index is 0. The highest BCUT2D eigenvalue weighted by Gasteiger charge is 2.45. The maximum atomic E-state index is 12.4. The summed E-state index contributed by atoms with van der Waals surface area (Å²) in [5.74, 6) is 2.39. The van der Waals surface area contributed by atoms with Gasteiger partial charge in [0.15, 0.2) is 0 Å². The lowest BCUT2D eigenvalue weighted by molar-refractivity contribution is -0.138. The molecule has 2 N–H and O–H groups in total. The molecule has 28 heavy (non-hydrogen) atoms. The van der Waals surface area contributed by atoms with Crippen LogP contribution in [0.4, 0.5) is 0 Å². The Morgan fingerprint density at radius 2 is 1.89 bits per heavy atom. The Morgan fingerprint density at radius 3 is 2.57 bits per heavy atom. The monoisotopic (exact) mass is 429 g/mol. The Bertz CT molecular complexity index is 643. The first kappa shape index (κ1) is 23.3. The average molecular weight is 430 g/mol. The van der Waals surface area contributed by atoms with Crippen LogP contribution in [0.1, 0.15) is 43.7 Å². The van der Waals surface area contributed by atoms with Gasteiger partial charge in [-0.1, -0.05) is 12.1 Å². The van der Waals surface area contributed by atoms with Gasteiger partial charge >= 0.3 is 0 Å². The lowest BCUT2D eigenvalue weighted by Gasteiger charge is -2.55. The number of carbonyl (C=O) groups is 1. The van der Waals surface area contributed by atoms with Crippen LogP contribution in [0.25, 0.3) is 0 Å². The van der Waals surface area contributed by atoms with Gasteiger partial charge in [-0.3, -0.25) is 9.69 Å². The van der Waals surface area contributed by atoms with Crippen molar-refractivity contribution in [1.29, 1.82) is 0 Å². The fourth-order valence-electron chi connectivity index (χ4n) is 5.48. The fraction of sp³-hybridized carbons (Fsp3) is 0.667. The molecule has 0 saturated carbocycles. The molecule has 0 radical (unpaired) electrons. The second-order valence-corrected chi connectivity index (χ2v) is 8.18. The van der Waals surface area contributed by atoms with Gasteiger partial charge in [-0.15, -0.1) is 24.8 Å². The highest BCUT2D eigenvalue weighted by molar-refractivity contribution is 5.85. The third kappa shape index (κ3) is 4.59. The number of hydrogen-bond acceptors (Lipinski definition) is 4. The quantitative estimate of drug-likeness (QED) is 0.797. The summed E-state index contributed by atoms with van der Waals surface area (Å²) in [6.07, 6.45) is 5.54. The molecule has 3 aliphatic heterocycles. The number of ether oxygens (including phenoxy) is 1. The zero-order valence-corrected chi connectivity index (χ0v) is 18.2. The van der Waals surface area contributed by atoms with Crippen LogP contribution in [0.5, 0.6) is 5.75 Å². The van der Waals surface area contributed by atoms with E-state index in [1.54, 1.807) is 7.11 Å². The van der Waals surface area contributed by atoms with Gasteiger partial charge in [0.1, 0.15) is 5.75 Å². The van der Waals surface area contributed by atoms with Crippen molar-refractivity contribution in [2.24, 2.45) is 17.6 Å². The van der Waals surface area contributed by atoms with Gasteiger partial charge in [-0.25, -0.2) is 0 Å².